The Hall–Kier alpha value is -1.06. The molecule has 3 atom stereocenters. The van der Waals surface area contributed by atoms with Gasteiger partial charge in [0.15, 0.2) is 0 Å². The zero-order valence-corrected chi connectivity index (χ0v) is 7.58. The van der Waals surface area contributed by atoms with E-state index in [-0.39, 0.29) is 23.8 Å². The van der Waals surface area contributed by atoms with Crippen LogP contribution < -0.4 is 5.32 Å². The van der Waals surface area contributed by atoms with E-state index in [9.17, 15) is 9.59 Å². The maximum absolute atomic E-state index is 11.3. The molecule has 2 rings (SSSR count). The summed E-state index contributed by atoms with van der Waals surface area (Å²) in [6, 6.07) is 0.0266. The summed E-state index contributed by atoms with van der Waals surface area (Å²) in [5.41, 5.74) is 0. The Morgan fingerprint density at radius 1 is 1.54 bits per heavy atom. The van der Waals surface area contributed by atoms with Crippen molar-refractivity contribution in [2.45, 2.75) is 25.3 Å². The summed E-state index contributed by atoms with van der Waals surface area (Å²) < 4.78 is 4.69. The van der Waals surface area contributed by atoms with E-state index in [0.717, 1.165) is 12.8 Å². The third-order valence-corrected chi connectivity index (χ3v) is 2.98. The molecule has 1 amide bonds. The predicted molar refractivity (Wildman–Crippen MR) is 44.8 cm³/mol. The molecule has 1 heterocycles. The van der Waals surface area contributed by atoms with Crippen LogP contribution in [-0.2, 0) is 14.3 Å². The Bertz CT molecular complexity index is 251. The largest absolute Gasteiger partial charge is 0.469 e. The molecular weight excluding hydrogens is 170 g/mol. The van der Waals surface area contributed by atoms with Gasteiger partial charge in [-0.2, -0.15) is 0 Å². The highest BCUT2D eigenvalue weighted by molar-refractivity contribution is 5.81. The fourth-order valence-corrected chi connectivity index (χ4v) is 2.41. The van der Waals surface area contributed by atoms with Crippen molar-refractivity contribution in [2.75, 3.05) is 7.11 Å². The standard InChI is InChI=1S/C9H13NO3/c1-13-9(12)6-2-5-3-7(6)10-8(11)4-5/h5-7H,2-4H2,1H3,(H,10,11)/t5-,6-,7-/m0/s1. The predicted octanol–water partition coefficient (Wildman–Crippen LogP) is 0.0741. The lowest BCUT2D eigenvalue weighted by Gasteiger charge is -2.21. The van der Waals surface area contributed by atoms with Gasteiger partial charge in [0.1, 0.15) is 0 Å². The number of amides is 1. The van der Waals surface area contributed by atoms with Crippen molar-refractivity contribution >= 4 is 11.9 Å². The van der Waals surface area contributed by atoms with E-state index in [1.165, 1.54) is 7.11 Å². The Labute approximate surface area is 76.6 Å². The number of ether oxygens (including phenoxy) is 1. The highest BCUT2D eigenvalue weighted by Crippen LogP contribution is 2.37. The second kappa shape index (κ2) is 3.01. The summed E-state index contributed by atoms with van der Waals surface area (Å²) in [5.74, 6) is 0.173. The van der Waals surface area contributed by atoms with Crippen molar-refractivity contribution < 1.29 is 14.3 Å². The minimum atomic E-state index is -0.185. The molecule has 0 spiro atoms. The molecule has 4 nitrogen and oxygen atoms in total. The second-order valence-electron chi connectivity index (χ2n) is 3.85. The first-order valence-corrected chi connectivity index (χ1v) is 4.58. The normalized spacial score (nSPS) is 37.0. The van der Waals surface area contributed by atoms with Gasteiger partial charge in [0.25, 0.3) is 0 Å². The zero-order chi connectivity index (χ0) is 9.42. The van der Waals surface area contributed by atoms with E-state index in [2.05, 4.69) is 10.1 Å². The molecule has 2 aliphatic rings. The maximum Gasteiger partial charge on any atom is 0.310 e. The lowest BCUT2D eigenvalue weighted by molar-refractivity contribution is -0.145. The minimum Gasteiger partial charge on any atom is -0.469 e. The molecule has 0 aromatic rings. The van der Waals surface area contributed by atoms with E-state index in [1.807, 2.05) is 0 Å². The van der Waals surface area contributed by atoms with Crippen LogP contribution in [0.4, 0.5) is 0 Å². The van der Waals surface area contributed by atoms with Crippen LogP contribution in [0.5, 0.6) is 0 Å². The number of rotatable bonds is 1. The third-order valence-electron chi connectivity index (χ3n) is 2.98. The van der Waals surface area contributed by atoms with Crippen molar-refractivity contribution in [3.63, 3.8) is 0 Å². The monoisotopic (exact) mass is 183 g/mol. The number of fused-ring (bicyclic) bond motifs is 2. The van der Waals surface area contributed by atoms with Gasteiger partial charge in [-0.15, -0.1) is 0 Å². The number of hydrogen-bond acceptors (Lipinski definition) is 3. The average Bonchev–Trinajstić information content (AvgIpc) is 2.40. The molecule has 72 valence electrons. The Morgan fingerprint density at radius 3 is 3.00 bits per heavy atom. The average molecular weight is 183 g/mol. The van der Waals surface area contributed by atoms with Crippen molar-refractivity contribution in [1.82, 2.24) is 5.32 Å². The lowest BCUT2D eigenvalue weighted by atomic mass is 10.0. The van der Waals surface area contributed by atoms with Crippen LogP contribution in [0.25, 0.3) is 0 Å². The summed E-state index contributed by atoms with van der Waals surface area (Å²) in [6.07, 6.45) is 2.31. The quantitative estimate of drug-likeness (QED) is 0.585. The van der Waals surface area contributed by atoms with Crippen molar-refractivity contribution in [2.24, 2.45) is 11.8 Å². The Morgan fingerprint density at radius 2 is 2.31 bits per heavy atom. The summed E-state index contributed by atoms with van der Waals surface area (Å²) in [4.78, 5) is 22.4. The number of hydrogen-bond donors (Lipinski definition) is 1. The van der Waals surface area contributed by atoms with Crippen molar-refractivity contribution in [3.05, 3.63) is 0 Å². The van der Waals surface area contributed by atoms with Crippen LogP contribution >= 0.6 is 0 Å². The topological polar surface area (TPSA) is 55.4 Å². The van der Waals surface area contributed by atoms with E-state index in [0.29, 0.717) is 12.3 Å². The zero-order valence-electron chi connectivity index (χ0n) is 7.58. The van der Waals surface area contributed by atoms with Crippen molar-refractivity contribution in [1.29, 1.82) is 0 Å². The van der Waals surface area contributed by atoms with Gasteiger partial charge in [0.05, 0.1) is 13.0 Å². The smallest absolute Gasteiger partial charge is 0.310 e. The molecule has 1 aliphatic heterocycles. The minimum absolute atomic E-state index is 0.0266. The van der Waals surface area contributed by atoms with Crippen LogP contribution in [-0.4, -0.2) is 25.0 Å². The second-order valence-corrected chi connectivity index (χ2v) is 3.85. The molecule has 0 aromatic carbocycles. The Kier molecular flexibility index (Phi) is 1.98. The van der Waals surface area contributed by atoms with E-state index in [1.54, 1.807) is 0 Å². The molecule has 1 aliphatic carbocycles. The molecule has 0 unspecified atom stereocenters. The first-order valence-electron chi connectivity index (χ1n) is 4.58. The number of methoxy groups -OCH3 is 1. The van der Waals surface area contributed by atoms with Gasteiger partial charge in [-0.1, -0.05) is 0 Å². The van der Waals surface area contributed by atoms with Crippen LogP contribution in [0.15, 0.2) is 0 Å². The molecule has 0 aromatic heterocycles. The molecular formula is C9H13NO3. The fourth-order valence-electron chi connectivity index (χ4n) is 2.41. The first kappa shape index (κ1) is 8.53. The van der Waals surface area contributed by atoms with E-state index < -0.39 is 0 Å². The molecule has 1 saturated heterocycles. The van der Waals surface area contributed by atoms with E-state index in [4.69, 9.17) is 0 Å². The maximum atomic E-state index is 11.3. The molecule has 13 heavy (non-hydrogen) atoms. The van der Waals surface area contributed by atoms with Gasteiger partial charge >= 0.3 is 5.97 Å². The van der Waals surface area contributed by atoms with E-state index >= 15 is 0 Å². The van der Waals surface area contributed by atoms with Gasteiger partial charge in [-0.3, -0.25) is 9.59 Å². The summed E-state index contributed by atoms with van der Waals surface area (Å²) in [6.45, 7) is 0. The lowest BCUT2D eigenvalue weighted by Crippen LogP contribution is -2.42. The first-order chi connectivity index (χ1) is 6.20. The van der Waals surface area contributed by atoms with Crippen LogP contribution in [0.2, 0.25) is 0 Å². The van der Waals surface area contributed by atoms with Crippen molar-refractivity contribution in [3.8, 4) is 0 Å². The highest BCUT2D eigenvalue weighted by Gasteiger charge is 2.43. The molecule has 2 bridgehead atoms. The Balaban J connectivity index is 2.09. The number of carbonyl (C=O) groups is 2. The number of nitrogens with one attached hydrogen (secondary N) is 1. The summed E-state index contributed by atoms with van der Waals surface area (Å²) in [7, 11) is 1.40. The van der Waals surface area contributed by atoms with Gasteiger partial charge in [-0.05, 0) is 18.8 Å². The van der Waals surface area contributed by atoms with Gasteiger partial charge in [0, 0.05) is 12.5 Å². The van der Waals surface area contributed by atoms with Crippen LogP contribution in [0, 0.1) is 11.8 Å². The van der Waals surface area contributed by atoms with Gasteiger partial charge in [-0.25, -0.2) is 0 Å². The summed E-state index contributed by atoms with van der Waals surface area (Å²) in [5, 5.41) is 2.83. The molecule has 4 heteroatoms. The molecule has 1 N–H and O–H groups in total. The number of piperidine rings is 1. The highest BCUT2D eigenvalue weighted by atomic mass is 16.5. The molecule has 0 radical (unpaired) electrons. The van der Waals surface area contributed by atoms with Gasteiger partial charge < -0.3 is 10.1 Å². The van der Waals surface area contributed by atoms with Gasteiger partial charge in [0.2, 0.25) is 5.91 Å². The van der Waals surface area contributed by atoms with Crippen LogP contribution in [0.1, 0.15) is 19.3 Å². The third kappa shape index (κ3) is 1.41. The number of esters is 1. The summed E-state index contributed by atoms with van der Waals surface area (Å²) >= 11 is 0. The fraction of sp³-hybridized carbons (Fsp3) is 0.778. The molecule has 2 fully saturated rings. The molecule has 1 saturated carbocycles. The number of carbonyl (C=O) groups excluding carboxylic acids is 2. The van der Waals surface area contributed by atoms with Crippen LogP contribution in [0.3, 0.4) is 0 Å². The SMILES string of the molecule is COC(=O)[C@H]1C[C@@H]2CC(=O)N[C@H]1C2.